The molecule has 1 atom stereocenters. The van der Waals surface area contributed by atoms with Gasteiger partial charge in [0.2, 0.25) is 11.7 Å². The van der Waals surface area contributed by atoms with Crippen molar-refractivity contribution in [3.05, 3.63) is 51.5 Å². The summed E-state index contributed by atoms with van der Waals surface area (Å²) in [4.78, 5) is 14.9. The van der Waals surface area contributed by atoms with Crippen LogP contribution in [-0.2, 0) is 11.3 Å². The molecule has 0 spiro atoms. The third-order valence-corrected chi connectivity index (χ3v) is 5.49. The van der Waals surface area contributed by atoms with Crippen LogP contribution in [0, 0.1) is 5.92 Å². The smallest absolute Gasteiger partial charge is 0.247 e. The van der Waals surface area contributed by atoms with Gasteiger partial charge in [0, 0.05) is 21.6 Å². The summed E-state index contributed by atoms with van der Waals surface area (Å²) in [5.74, 6) is 0.589. The molecule has 0 aliphatic carbocycles. The van der Waals surface area contributed by atoms with Gasteiger partial charge in [0.05, 0.1) is 11.4 Å². The lowest BCUT2D eigenvalue weighted by atomic mass is 9.96. The number of halogens is 2. The van der Waals surface area contributed by atoms with Crippen LogP contribution in [0.15, 0.2) is 40.9 Å². The lowest BCUT2D eigenvalue weighted by Crippen LogP contribution is -2.50. The van der Waals surface area contributed by atoms with Crippen molar-refractivity contribution >= 4 is 44.8 Å². The molecule has 3 aromatic rings. The average Bonchev–Trinajstić information content (AvgIpc) is 3.16. The van der Waals surface area contributed by atoms with Crippen LogP contribution >= 0.6 is 27.5 Å². The van der Waals surface area contributed by atoms with Crippen molar-refractivity contribution in [3.8, 4) is 11.4 Å². The Kier molecular flexibility index (Phi) is 5.07. The number of anilines is 2. The maximum absolute atomic E-state index is 12.8. The third kappa shape index (κ3) is 3.49. The molecule has 1 unspecified atom stereocenters. The fraction of sp³-hybridized carbons (Fsp3) is 0.263. The number of nitrogens with one attached hydrogen (secondary N) is 2. The summed E-state index contributed by atoms with van der Waals surface area (Å²) in [6.45, 7) is 4.60. The van der Waals surface area contributed by atoms with E-state index in [4.69, 9.17) is 11.6 Å². The number of hydrogen-bond donors (Lipinski definition) is 2. The molecule has 1 aliphatic rings. The largest absolute Gasteiger partial charge is 0.353 e. The van der Waals surface area contributed by atoms with E-state index < -0.39 is 0 Å². The van der Waals surface area contributed by atoms with Gasteiger partial charge >= 0.3 is 0 Å². The van der Waals surface area contributed by atoms with Gasteiger partial charge in [0.1, 0.15) is 6.04 Å². The van der Waals surface area contributed by atoms with E-state index in [9.17, 15) is 4.79 Å². The second-order valence-corrected chi connectivity index (χ2v) is 8.36. The standard InChI is InChI=1S/C19H18BrClN6O/c1-10(2)17-19(28)22-15-8-13(21)5-6-16(15)27(17)9-11-3-4-12(20)7-14(11)18-23-25-26-24-18/h3-8,10,17H,9H2,1-2H3,(H,22,28)(H,23,24,25,26). The Labute approximate surface area is 175 Å². The van der Waals surface area contributed by atoms with Crippen LogP contribution in [-0.4, -0.2) is 32.6 Å². The predicted molar refractivity (Wildman–Crippen MR) is 112 cm³/mol. The van der Waals surface area contributed by atoms with Gasteiger partial charge in [0.15, 0.2) is 0 Å². The fourth-order valence-electron chi connectivity index (χ4n) is 3.56. The first-order valence-electron chi connectivity index (χ1n) is 8.83. The Balaban J connectivity index is 1.81. The van der Waals surface area contributed by atoms with Crippen molar-refractivity contribution in [1.29, 1.82) is 0 Å². The molecule has 0 saturated carbocycles. The number of aromatic nitrogens is 4. The number of benzene rings is 2. The zero-order valence-electron chi connectivity index (χ0n) is 15.3. The Bertz CT molecular complexity index is 1020. The molecule has 0 bridgehead atoms. The molecular weight excluding hydrogens is 444 g/mol. The quantitative estimate of drug-likeness (QED) is 0.606. The van der Waals surface area contributed by atoms with Crippen LogP contribution in [0.1, 0.15) is 19.4 Å². The number of amides is 1. The van der Waals surface area contributed by atoms with Crippen molar-refractivity contribution in [2.24, 2.45) is 5.92 Å². The average molecular weight is 462 g/mol. The Morgan fingerprint density at radius 2 is 2.07 bits per heavy atom. The van der Waals surface area contributed by atoms with Crippen molar-refractivity contribution in [1.82, 2.24) is 20.6 Å². The first-order chi connectivity index (χ1) is 13.4. The van der Waals surface area contributed by atoms with Gasteiger partial charge in [-0.3, -0.25) is 4.79 Å². The highest BCUT2D eigenvalue weighted by Gasteiger charge is 2.35. The van der Waals surface area contributed by atoms with E-state index in [2.05, 4.69) is 46.8 Å². The molecule has 7 nitrogen and oxygen atoms in total. The van der Waals surface area contributed by atoms with E-state index in [1.807, 2.05) is 44.2 Å². The molecule has 0 fully saturated rings. The SMILES string of the molecule is CC(C)C1C(=O)Nc2cc(Cl)ccc2N1Cc1ccc(Br)cc1-c1nn[nH]n1. The van der Waals surface area contributed by atoms with Crippen molar-refractivity contribution in [2.45, 2.75) is 26.4 Å². The number of tetrazole rings is 1. The number of fused-ring (bicyclic) bond motifs is 1. The van der Waals surface area contributed by atoms with E-state index in [0.717, 1.165) is 21.3 Å². The zero-order valence-corrected chi connectivity index (χ0v) is 17.6. The van der Waals surface area contributed by atoms with E-state index in [1.165, 1.54) is 0 Å². The van der Waals surface area contributed by atoms with Gasteiger partial charge in [-0.2, -0.15) is 5.21 Å². The molecule has 2 heterocycles. The zero-order chi connectivity index (χ0) is 19.8. The normalized spacial score (nSPS) is 16.2. The van der Waals surface area contributed by atoms with Crippen LogP contribution < -0.4 is 10.2 Å². The number of hydrogen-bond acceptors (Lipinski definition) is 5. The Hall–Kier alpha value is -2.45. The first-order valence-corrected chi connectivity index (χ1v) is 10.0. The van der Waals surface area contributed by atoms with Crippen molar-refractivity contribution in [3.63, 3.8) is 0 Å². The number of carbonyl (C=O) groups excluding carboxylic acids is 1. The maximum Gasteiger partial charge on any atom is 0.247 e. The summed E-state index contributed by atoms with van der Waals surface area (Å²) in [6, 6.07) is 11.2. The Morgan fingerprint density at radius 1 is 1.25 bits per heavy atom. The maximum atomic E-state index is 12.8. The number of carbonyl (C=O) groups is 1. The minimum absolute atomic E-state index is 0.0389. The first kappa shape index (κ1) is 18.9. The lowest BCUT2D eigenvalue weighted by Gasteiger charge is -2.40. The van der Waals surface area contributed by atoms with Crippen LogP contribution in [0.2, 0.25) is 5.02 Å². The summed E-state index contributed by atoms with van der Waals surface area (Å²) in [7, 11) is 0. The highest BCUT2D eigenvalue weighted by atomic mass is 79.9. The Morgan fingerprint density at radius 3 is 2.79 bits per heavy atom. The lowest BCUT2D eigenvalue weighted by molar-refractivity contribution is -0.118. The molecule has 28 heavy (non-hydrogen) atoms. The highest BCUT2D eigenvalue weighted by molar-refractivity contribution is 9.10. The van der Waals surface area contributed by atoms with Gasteiger partial charge in [-0.05, 0) is 47.0 Å². The van der Waals surface area contributed by atoms with Crippen molar-refractivity contribution in [2.75, 3.05) is 10.2 Å². The summed E-state index contributed by atoms with van der Waals surface area (Å²) in [6.07, 6.45) is 0. The number of rotatable bonds is 4. The number of nitrogens with zero attached hydrogens (tertiary/aromatic N) is 4. The van der Waals surface area contributed by atoms with Crippen LogP contribution in [0.4, 0.5) is 11.4 Å². The van der Waals surface area contributed by atoms with Crippen molar-refractivity contribution < 1.29 is 4.79 Å². The molecule has 0 saturated heterocycles. The van der Waals surface area contributed by atoms with E-state index in [0.29, 0.717) is 23.1 Å². The predicted octanol–water partition coefficient (Wildman–Crippen LogP) is 4.27. The molecule has 4 rings (SSSR count). The summed E-state index contributed by atoms with van der Waals surface area (Å²) in [5, 5.41) is 18.0. The van der Waals surface area contributed by atoms with Gasteiger partial charge in [-0.25, -0.2) is 0 Å². The van der Waals surface area contributed by atoms with Gasteiger partial charge < -0.3 is 10.2 Å². The van der Waals surface area contributed by atoms with Crippen LogP contribution in [0.3, 0.4) is 0 Å². The molecular formula is C19H18BrClN6O. The second kappa shape index (κ2) is 7.52. The van der Waals surface area contributed by atoms with Gasteiger partial charge in [-0.1, -0.05) is 47.4 Å². The van der Waals surface area contributed by atoms with E-state index in [1.54, 1.807) is 6.07 Å². The summed E-state index contributed by atoms with van der Waals surface area (Å²) < 4.78 is 0.917. The number of aromatic amines is 1. The minimum Gasteiger partial charge on any atom is -0.353 e. The topological polar surface area (TPSA) is 86.8 Å². The fourth-order valence-corrected chi connectivity index (χ4v) is 4.09. The molecule has 2 N–H and O–H groups in total. The molecule has 1 aliphatic heterocycles. The van der Waals surface area contributed by atoms with Crippen LogP contribution in [0.25, 0.3) is 11.4 Å². The monoisotopic (exact) mass is 460 g/mol. The second-order valence-electron chi connectivity index (χ2n) is 7.00. The highest BCUT2D eigenvalue weighted by Crippen LogP contribution is 2.38. The van der Waals surface area contributed by atoms with Crippen LogP contribution in [0.5, 0.6) is 0 Å². The molecule has 9 heteroatoms. The van der Waals surface area contributed by atoms with E-state index in [-0.39, 0.29) is 17.9 Å². The summed E-state index contributed by atoms with van der Waals surface area (Å²) >= 11 is 9.65. The van der Waals surface area contributed by atoms with Gasteiger partial charge in [-0.15, -0.1) is 10.2 Å². The molecule has 1 aromatic heterocycles. The molecule has 2 aromatic carbocycles. The molecule has 1 amide bonds. The third-order valence-electron chi connectivity index (χ3n) is 4.76. The van der Waals surface area contributed by atoms with E-state index >= 15 is 0 Å². The number of H-pyrrole nitrogens is 1. The van der Waals surface area contributed by atoms with Gasteiger partial charge in [0.25, 0.3) is 0 Å². The molecule has 0 radical (unpaired) electrons. The molecule has 144 valence electrons. The minimum atomic E-state index is -0.310. The summed E-state index contributed by atoms with van der Waals surface area (Å²) in [5.41, 5.74) is 3.50.